The van der Waals surface area contributed by atoms with E-state index in [0.29, 0.717) is 6.42 Å². The average Bonchev–Trinajstić information content (AvgIpc) is 2.44. The maximum atomic E-state index is 11.7. The molecular weight excluding hydrogens is 176 g/mol. The smallest absolute Gasteiger partial charge is 0.227 e. The number of hydrogen-bond acceptors (Lipinski definition) is 2. The summed E-state index contributed by atoms with van der Waals surface area (Å²) in [5.74, 6) is 0.232. The average molecular weight is 190 g/mol. The summed E-state index contributed by atoms with van der Waals surface area (Å²) in [6.45, 7) is 0.838. The first-order valence-electron chi connectivity index (χ1n) is 5.08. The van der Waals surface area contributed by atoms with Gasteiger partial charge in [0.25, 0.3) is 0 Å². The molecule has 0 atom stereocenters. The van der Waals surface area contributed by atoms with Crippen LogP contribution in [0.5, 0.6) is 0 Å². The zero-order chi connectivity index (χ0) is 9.80. The summed E-state index contributed by atoms with van der Waals surface area (Å²) >= 11 is 0. The fourth-order valence-corrected chi connectivity index (χ4v) is 1.77. The van der Waals surface area contributed by atoms with Gasteiger partial charge in [-0.05, 0) is 25.0 Å². The van der Waals surface area contributed by atoms with Crippen LogP contribution in [0.3, 0.4) is 0 Å². The Labute approximate surface area is 83.8 Å². The van der Waals surface area contributed by atoms with E-state index in [-0.39, 0.29) is 5.91 Å². The van der Waals surface area contributed by atoms with Crippen molar-refractivity contribution in [2.75, 3.05) is 11.4 Å². The van der Waals surface area contributed by atoms with Gasteiger partial charge in [0.2, 0.25) is 5.91 Å². The Balaban J connectivity index is 2.19. The van der Waals surface area contributed by atoms with Gasteiger partial charge in [-0.3, -0.25) is 9.78 Å². The molecule has 0 N–H and O–H groups in total. The molecule has 1 fully saturated rings. The van der Waals surface area contributed by atoms with Gasteiger partial charge in [-0.1, -0.05) is 6.42 Å². The molecular formula is C11H14N2O. The number of carbonyl (C=O) groups excluding carboxylic acids is 1. The third-order valence-corrected chi connectivity index (χ3v) is 2.53. The van der Waals surface area contributed by atoms with Crippen LogP contribution in [-0.4, -0.2) is 17.4 Å². The highest BCUT2D eigenvalue weighted by molar-refractivity contribution is 5.93. The summed E-state index contributed by atoms with van der Waals surface area (Å²) in [6, 6.07) is 3.81. The number of rotatable bonds is 1. The normalized spacial score (nSPS) is 18.0. The molecule has 0 aliphatic carbocycles. The first kappa shape index (κ1) is 9.19. The van der Waals surface area contributed by atoms with Crippen LogP contribution >= 0.6 is 0 Å². The second kappa shape index (κ2) is 4.22. The minimum atomic E-state index is 0.232. The van der Waals surface area contributed by atoms with E-state index in [0.717, 1.165) is 31.5 Å². The second-order valence-corrected chi connectivity index (χ2v) is 3.57. The molecule has 3 heteroatoms. The Morgan fingerprint density at radius 2 is 2.21 bits per heavy atom. The van der Waals surface area contributed by atoms with Crippen molar-refractivity contribution in [3.8, 4) is 0 Å². The lowest BCUT2D eigenvalue weighted by Gasteiger charge is -2.19. The largest absolute Gasteiger partial charge is 0.311 e. The zero-order valence-corrected chi connectivity index (χ0v) is 8.15. The molecule has 14 heavy (non-hydrogen) atoms. The second-order valence-electron chi connectivity index (χ2n) is 3.57. The Kier molecular flexibility index (Phi) is 2.77. The van der Waals surface area contributed by atoms with E-state index < -0.39 is 0 Å². The minimum absolute atomic E-state index is 0.232. The first-order chi connectivity index (χ1) is 6.88. The van der Waals surface area contributed by atoms with Crippen LogP contribution in [-0.2, 0) is 4.79 Å². The van der Waals surface area contributed by atoms with Gasteiger partial charge in [0.05, 0.1) is 11.9 Å². The van der Waals surface area contributed by atoms with Crippen LogP contribution in [0.25, 0.3) is 0 Å². The lowest BCUT2D eigenvalue weighted by Crippen LogP contribution is -2.29. The molecule has 2 heterocycles. The van der Waals surface area contributed by atoms with E-state index in [1.54, 1.807) is 12.4 Å². The van der Waals surface area contributed by atoms with Gasteiger partial charge in [-0.2, -0.15) is 0 Å². The first-order valence-corrected chi connectivity index (χ1v) is 5.08. The van der Waals surface area contributed by atoms with Gasteiger partial charge in [0.15, 0.2) is 0 Å². The summed E-state index contributed by atoms with van der Waals surface area (Å²) in [6.07, 6.45) is 7.43. The van der Waals surface area contributed by atoms with Gasteiger partial charge in [-0.25, -0.2) is 0 Å². The highest BCUT2D eigenvalue weighted by Crippen LogP contribution is 2.18. The fraction of sp³-hybridized carbons (Fsp3) is 0.455. The molecule has 1 aliphatic heterocycles. The summed E-state index contributed by atoms with van der Waals surface area (Å²) < 4.78 is 0. The lowest BCUT2D eigenvalue weighted by atomic mass is 10.2. The van der Waals surface area contributed by atoms with E-state index in [9.17, 15) is 4.79 Å². The topological polar surface area (TPSA) is 33.2 Å². The van der Waals surface area contributed by atoms with Gasteiger partial charge >= 0.3 is 0 Å². The minimum Gasteiger partial charge on any atom is -0.311 e. The lowest BCUT2D eigenvalue weighted by molar-refractivity contribution is -0.118. The van der Waals surface area contributed by atoms with Crippen molar-refractivity contribution in [3.63, 3.8) is 0 Å². The maximum absolute atomic E-state index is 11.7. The van der Waals surface area contributed by atoms with Crippen LogP contribution in [0.1, 0.15) is 25.7 Å². The molecule has 2 rings (SSSR count). The molecule has 1 aliphatic rings. The summed E-state index contributed by atoms with van der Waals surface area (Å²) in [5, 5.41) is 0. The van der Waals surface area contributed by atoms with Crippen molar-refractivity contribution >= 4 is 11.6 Å². The monoisotopic (exact) mass is 190 g/mol. The maximum Gasteiger partial charge on any atom is 0.227 e. The number of nitrogens with zero attached hydrogens (tertiary/aromatic N) is 2. The summed E-state index contributed by atoms with van der Waals surface area (Å²) in [7, 11) is 0. The van der Waals surface area contributed by atoms with E-state index in [1.165, 1.54) is 0 Å². The molecule has 0 spiro atoms. The van der Waals surface area contributed by atoms with Crippen LogP contribution in [0, 0.1) is 0 Å². The molecule has 74 valence electrons. The molecule has 1 amide bonds. The van der Waals surface area contributed by atoms with Crippen molar-refractivity contribution in [2.24, 2.45) is 0 Å². The number of anilines is 1. The van der Waals surface area contributed by atoms with Crippen LogP contribution in [0.4, 0.5) is 5.69 Å². The van der Waals surface area contributed by atoms with Gasteiger partial charge in [-0.15, -0.1) is 0 Å². The number of amides is 1. The molecule has 3 nitrogen and oxygen atoms in total. The number of carbonyl (C=O) groups is 1. The van der Waals surface area contributed by atoms with E-state index >= 15 is 0 Å². The standard InChI is InChI=1S/C11H14N2O/c14-11-6-2-1-3-8-13(11)10-5-4-7-12-9-10/h4-5,7,9H,1-3,6,8H2. The van der Waals surface area contributed by atoms with Gasteiger partial charge in [0, 0.05) is 19.2 Å². The van der Waals surface area contributed by atoms with Crippen molar-refractivity contribution in [1.29, 1.82) is 0 Å². The summed E-state index contributed by atoms with van der Waals surface area (Å²) in [5.41, 5.74) is 0.930. The Hall–Kier alpha value is -1.38. The number of aromatic nitrogens is 1. The van der Waals surface area contributed by atoms with Gasteiger partial charge in [0.1, 0.15) is 0 Å². The van der Waals surface area contributed by atoms with Crippen molar-refractivity contribution < 1.29 is 4.79 Å². The molecule has 0 aromatic carbocycles. The molecule has 0 radical (unpaired) electrons. The van der Waals surface area contributed by atoms with Crippen LogP contribution in [0.2, 0.25) is 0 Å². The van der Waals surface area contributed by atoms with Crippen molar-refractivity contribution in [2.45, 2.75) is 25.7 Å². The SMILES string of the molecule is O=C1CCCCCN1c1cccnc1. The predicted molar refractivity (Wildman–Crippen MR) is 55.1 cm³/mol. The van der Waals surface area contributed by atoms with Gasteiger partial charge < -0.3 is 4.90 Å². The quantitative estimate of drug-likeness (QED) is 0.678. The molecule has 1 saturated heterocycles. The van der Waals surface area contributed by atoms with Crippen molar-refractivity contribution in [1.82, 2.24) is 4.98 Å². The zero-order valence-electron chi connectivity index (χ0n) is 8.15. The predicted octanol–water partition coefficient (Wildman–Crippen LogP) is 1.99. The Morgan fingerprint density at radius 3 is 3.00 bits per heavy atom. The molecule has 0 unspecified atom stereocenters. The fourth-order valence-electron chi connectivity index (χ4n) is 1.77. The third-order valence-electron chi connectivity index (χ3n) is 2.53. The van der Waals surface area contributed by atoms with Crippen LogP contribution < -0.4 is 4.90 Å². The van der Waals surface area contributed by atoms with Crippen LogP contribution in [0.15, 0.2) is 24.5 Å². The molecule has 0 saturated carbocycles. The van der Waals surface area contributed by atoms with Crippen molar-refractivity contribution in [3.05, 3.63) is 24.5 Å². The van der Waals surface area contributed by atoms with E-state index in [4.69, 9.17) is 0 Å². The van der Waals surface area contributed by atoms with E-state index in [1.807, 2.05) is 17.0 Å². The highest BCUT2D eigenvalue weighted by atomic mass is 16.2. The summed E-state index contributed by atoms with van der Waals surface area (Å²) in [4.78, 5) is 17.6. The molecule has 0 bridgehead atoms. The third kappa shape index (κ3) is 1.92. The molecule has 1 aromatic rings. The molecule has 1 aromatic heterocycles. The Bertz CT molecular complexity index is 310. The number of pyridine rings is 1. The van der Waals surface area contributed by atoms with E-state index in [2.05, 4.69) is 4.98 Å². The number of hydrogen-bond donors (Lipinski definition) is 0. The Morgan fingerprint density at radius 1 is 1.29 bits per heavy atom. The highest BCUT2D eigenvalue weighted by Gasteiger charge is 2.17.